The van der Waals surface area contributed by atoms with Crippen molar-refractivity contribution in [3.05, 3.63) is 24.3 Å². The average molecular weight is 378 g/mol. The number of rotatable bonds is 11. The Labute approximate surface area is 159 Å². The van der Waals surface area contributed by atoms with Gasteiger partial charge in [-0.05, 0) is 44.5 Å². The van der Waals surface area contributed by atoms with Crippen LogP contribution in [0.2, 0.25) is 0 Å². The van der Waals surface area contributed by atoms with E-state index in [9.17, 15) is 4.79 Å². The topological polar surface area (TPSA) is 77.2 Å². The Balaban J connectivity index is 1.79. The normalized spacial score (nSPS) is 12.0. The van der Waals surface area contributed by atoms with Gasteiger partial charge in [0.2, 0.25) is 11.8 Å². The molecule has 0 fully saturated rings. The van der Waals surface area contributed by atoms with Gasteiger partial charge >= 0.3 is 0 Å². The summed E-state index contributed by atoms with van der Waals surface area (Å²) in [7, 11) is 0. The molecule has 0 unspecified atom stereocenters. The second-order valence-corrected chi connectivity index (χ2v) is 7.01. The van der Waals surface area contributed by atoms with E-state index in [0.717, 1.165) is 24.2 Å². The number of nitrogens with zero attached hydrogens (tertiary/aromatic N) is 2. The van der Waals surface area contributed by atoms with Gasteiger partial charge < -0.3 is 14.5 Å². The predicted octanol–water partition coefficient (Wildman–Crippen LogP) is 4.31. The van der Waals surface area contributed by atoms with Crippen LogP contribution in [0.4, 0.5) is 0 Å². The zero-order valence-electron chi connectivity index (χ0n) is 15.7. The fourth-order valence-corrected chi connectivity index (χ4v) is 3.04. The maximum absolute atomic E-state index is 12.0. The van der Waals surface area contributed by atoms with Crippen LogP contribution in [0.15, 0.2) is 33.9 Å². The number of nitrogens with one attached hydrogen (secondary N) is 1. The van der Waals surface area contributed by atoms with Crippen LogP contribution in [0.25, 0.3) is 11.5 Å². The number of unbranched alkanes of at least 4 members (excludes halogenated alkanes) is 2. The molecule has 1 aromatic carbocycles. The van der Waals surface area contributed by atoms with E-state index in [1.165, 1.54) is 24.6 Å². The molecule has 2 rings (SSSR count). The van der Waals surface area contributed by atoms with Gasteiger partial charge in [-0.2, -0.15) is 0 Å². The van der Waals surface area contributed by atoms with Crippen molar-refractivity contribution in [2.24, 2.45) is 0 Å². The molecule has 26 heavy (non-hydrogen) atoms. The lowest BCUT2D eigenvalue weighted by Crippen LogP contribution is -2.33. The molecule has 2 aromatic rings. The fraction of sp³-hybridized carbons (Fsp3) is 0.526. The van der Waals surface area contributed by atoms with Gasteiger partial charge in [0, 0.05) is 11.6 Å². The first-order valence-corrected chi connectivity index (χ1v) is 10.1. The number of ether oxygens (including phenoxy) is 1. The van der Waals surface area contributed by atoms with E-state index in [1.807, 2.05) is 38.1 Å². The van der Waals surface area contributed by atoms with E-state index < -0.39 is 0 Å². The van der Waals surface area contributed by atoms with Gasteiger partial charge in [0.25, 0.3) is 5.22 Å². The number of carbonyl (C=O) groups excluding carboxylic acids is 1. The summed E-state index contributed by atoms with van der Waals surface area (Å²) in [6, 6.07) is 7.67. The van der Waals surface area contributed by atoms with Gasteiger partial charge in [-0.25, -0.2) is 0 Å². The van der Waals surface area contributed by atoms with Crippen LogP contribution >= 0.6 is 11.8 Å². The van der Waals surface area contributed by atoms with Gasteiger partial charge in [0.15, 0.2) is 0 Å². The number of hydrogen-bond acceptors (Lipinski definition) is 6. The molecular weight excluding hydrogens is 350 g/mol. The van der Waals surface area contributed by atoms with Crippen molar-refractivity contribution >= 4 is 17.7 Å². The minimum Gasteiger partial charge on any atom is -0.494 e. The third-order valence-corrected chi connectivity index (χ3v) is 4.61. The summed E-state index contributed by atoms with van der Waals surface area (Å²) in [5.74, 6) is 1.49. The first kappa shape index (κ1) is 20.3. The highest BCUT2D eigenvalue weighted by molar-refractivity contribution is 7.99. The molecule has 6 nitrogen and oxygen atoms in total. The molecule has 0 aliphatic rings. The van der Waals surface area contributed by atoms with Crippen LogP contribution in [0.5, 0.6) is 5.75 Å². The summed E-state index contributed by atoms with van der Waals surface area (Å²) in [6.07, 6.45) is 4.53. The van der Waals surface area contributed by atoms with Gasteiger partial charge in [-0.15, -0.1) is 10.2 Å². The first-order chi connectivity index (χ1) is 12.6. The molecule has 142 valence electrons. The van der Waals surface area contributed by atoms with Gasteiger partial charge in [0.1, 0.15) is 5.75 Å². The summed E-state index contributed by atoms with van der Waals surface area (Å²) in [5.41, 5.74) is 0.821. The molecule has 1 aromatic heterocycles. The van der Waals surface area contributed by atoms with Crippen LogP contribution in [-0.2, 0) is 4.79 Å². The molecular formula is C19H27N3O3S. The van der Waals surface area contributed by atoms with E-state index in [1.54, 1.807) is 0 Å². The third-order valence-electron chi connectivity index (χ3n) is 3.79. The van der Waals surface area contributed by atoms with E-state index in [2.05, 4.69) is 22.4 Å². The smallest absolute Gasteiger partial charge is 0.277 e. The van der Waals surface area contributed by atoms with Gasteiger partial charge in [-0.1, -0.05) is 37.9 Å². The molecule has 1 heterocycles. The van der Waals surface area contributed by atoms with Crippen molar-refractivity contribution in [2.75, 3.05) is 12.4 Å². The summed E-state index contributed by atoms with van der Waals surface area (Å²) in [5, 5.41) is 11.4. The minimum atomic E-state index is -0.0141. The van der Waals surface area contributed by atoms with Gasteiger partial charge in [0.05, 0.1) is 12.4 Å². The standard InChI is InChI=1S/C19H27N3O3S/c1-4-6-7-8-14(3)20-17(23)13-26-19-22-21-18(25-19)15-9-11-16(12-10-15)24-5-2/h9-12,14H,4-8,13H2,1-3H3,(H,20,23)/t14-/m1/s1. The summed E-state index contributed by atoms with van der Waals surface area (Å²) in [4.78, 5) is 12.0. The fourth-order valence-electron chi connectivity index (χ4n) is 2.46. The van der Waals surface area contributed by atoms with Crippen molar-refractivity contribution in [3.8, 4) is 17.2 Å². The van der Waals surface area contributed by atoms with Crippen molar-refractivity contribution in [3.63, 3.8) is 0 Å². The SMILES string of the molecule is CCCCC[C@@H](C)NC(=O)CSc1nnc(-c2ccc(OCC)cc2)o1. The molecule has 0 aliphatic carbocycles. The lowest BCUT2D eigenvalue weighted by atomic mass is 10.1. The van der Waals surface area contributed by atoms with Crippen LogP contribution in [0.1, 0.15) is 46.5 Å². The Morgan fingerprint density at radius 3 is 2.69 bits per heavy atom. The lowest BCUT2D eigenvalue weighted by molar-refractivity contribution is -0.119. The number of carbonyl (C=O) groups is 1. The predicted molar refractivity (Wildman–Crippen MR) is 103 cm³/mol. The van der Waals surface area contributed by atoms with Crippen molar-refractivity contribution < 1.29 is 13.9 Å². The van der Waals surface area contributed by atoms with E-state index in [0.29, 0.717) is 17.7 Å². The van der Waals surface area contributed by atoms with Crippen molar-refractivity contribution in [1.82, 2.24) is 15.5 Å². The maximum atomic E-state index is 12.0. The molecule has 0 spiro atoms. The van der Waals surface area contributed by atoms with Crippen LogP contribution in [-0.4, -0.2) is 34.5 Å². The lowest BCUT2D eigenvalue weighted by Gasteiger charge is -2.12. The second-order valence-electron chi connectivity index (χ2n) is 6.08. The largest absolute Gasteiger partial charge is 0.494 e. The Morgan fingerprint density at radius 2 is 2.00 bits per heavy atom. The van der Waals surface area contributed by atoms with Crippen LogP contribution in [0, 0.1) is 0 Å². The first-order valence-electron chi connectivity index (χ1n) is 9.11. The Morgan fingerprint density at radius 1 is 1.23 bits per heavy atom. The maximum Gasteiger partial charge on any atom is 0.277 e. The Kier molecular flexibility index (Phi) is 8.47. The molecule has 0 bridgehead atoms. The van der Waals surface area contributed by atoms with E-state index in [4.69, 9.17) is 9.15 Å². The molecule has 1 amide bonds. The Bertz CT molecular complexity index is 673. The van der Waals surface area contributed by atoms with Gasteiger partial charge in [-0.3, -0.25) is 4.79 Å². The number of hydrogen-bond donors (Lipinski definition) is 1. The highest BCUT2D eigenvalue weighted by Crippen LogP contribution is 2.24. The number of amides is 1. The molecule has 0 saturated carbocycles. The number of benzene rings is 1. The molecule has 0 radical (unpaired) electrons. The molecule has 0 saturated heterocycles. The monoisotopic (exact) mass is 377 g/mol. The van der Waals surface area contributed by atoms with Crippen molar-refractivity contribution in [2.45, 2.75) is 57.7 Å². The Hall–Kier alpha value is -2.02. The molecule has 1 N–H and O–H groups in total. The van der Waals surface area contributed by atoms with E-state index in [-0.39, 0.29) is 17.7 Å². The second kappa shape index (κ2) is 10.9. The highest BCUT2D eigenvalue weighted by atomic mass is 32.2. The van der Waals surface area contributed by atoms with Crippen LogP contribution < -0.4 is 10.1 Å². The summed E-state index contributed by atoms with van der Waals surface area (Å²) in [6.45, 7) is 6.78. The quantitative estimate of drug-likeness (QED) is 0.464. The summed E-state index contributed by atoms with van der Waals surface area (Å²) < 4.78 is 11.0. The molecule has 0 aliphatic heterocycles. The van der Waals surface area contributed by atoms with Crippen molar-refractivity contribution in [1.29, 1.82) is 0 Å². The van der Waals surface area contributed by atoms with E-state index >= 15 is 0 Å². The number of thioether (sulfide) groups is 1. The summed E-state index contributed by atoms with van der Waals surface area (Å²) >= 11 is 1.25. The molecule has 1 atom stereocenters. The zero-order chi connectivity index (χ0) is 18.8. The minimum absolute atomic E-state index is 0.0141. The molecule has 7 heteroatoms. The van der Waals surface area contributed by atoms with Crippen LogP contribution in [0.3, 0.4) is 0 Å². The third kappa shape index (κ3) is 6.71. The zero-order valence-corrected chi connectivity index (χ0v) is 16.5. The highest BCUT2D eigenvalue weighted by Gasteiger charge is 2.12. The number of aromatic nitrogens is 2. The average Bonchev–Trinajstić information content (AvgIpc) is 3.10.